The number of ether oxygens (including phenoxy) is 1. The largest absolute Gasteiger partial charge is 0.495 e. The van der Waals surface area contributed by atoms with Crippen LogP contribution in [0.15, 0.2) is 48.7 Å². The van der Waals surface area contributed by atoms with Crippen LogP contribution in [-0.2, 0) is 16.0 Å². The number of aromatic nitrogens is 1. The maximum Gasteiger partial charge on any atom is 0.240 e. The topological polar surface area (TPSA) is 74.4 Å². The zero-order valence-corrected chi connectivity index (χ0v) is 16.5. The highest BCUT2D eigenvalue weighted by Crippen LogP contribution is 2.31. The molecule has 0 saturated carbocycles. The van der Waals surface area contributed by atoms with Crippen LogP contribution in [0.5, 0.6) is 5.75 Å². The molecule has 146 valence electrons. The summed E-state index contributed by atoms with van der Waals surface area (Å²) in [6, 6.07) is 13.0. The molecule has 0 aliphatic heterocycles. The van der Waals surface area contributed by atoms with Crippen LogP contribution in [0, 0.1) is 0 Å². The SMILES string of the molecule is COc1ccc(Cl)cc1N(CC(=O)NCCc1c[nH]c2ccccc12)C(C)=O. The maximum absolute atomic E-state index is 12.4. The molecule has 2 amide bonds. The van der Waals surface area contributed by atoms with Gasteiger partial charge >= 0.3 is 0 Å². The molecule has 0 unspecified atom stereocenters. The van der Waals surface area contributed by atoms with E-state index in [4.69, 9.17) is 16.3 Å². The van der Waals surface area contributed by atoms with Gasteiger partial charge in [-0.3, -0.25) is 14.5 Å². The molecule has 2 N–H and O–H groups in total. The number of para-hydroxylation sites is 1. The van der Waals surface area contributed by atoms with Crippen molar-refractivity contribution in [2.45, 2.75) is 13.3 Å². The summed E-state index contributed by atoms with van der Waals surface area (Å²) < 4.78 is 5.30. The van der Waals surface area contributed by atoms with E-state index in [1.165, 1.54) is 18.9 Å². The summed E-state index contributed by atoms with van der Waals surface area (Å²) in [5, 5.41) is 4.48. The third-order valence-corrected chi connectivity index (χ3v) is 4.74. The van der Waals surface area contributed by atoms with Crippen molar-refractivity contribution in [3.05, 3.63) is 59.2 Å². The number of carbonyl (C=O) groups excluding carboxylic acids is 2. The van der Waals surface area contributed by atoms with Crippen molar-refractivity contribution in [2.75, 3.05) is 25.1 Å². The molecule has 0 aliphatic carbocycles. The van der Waals surface area contributed by atoms with Crippen molar-refractivity contribution < 1.29 is 14.3 Å². The smallest absolute Gasteiger partial charge is 0.240 e. The molecule has 28 heavy (non-hydrogen) atoms. The molecule has 1 aromatic heterocycles. The van der Waals surface area contributed by atoms with Crippen molar-refractivity contribution >= 4 is 40.0 Å². The number of amides is 2. The van der Waals surface area contributed by atoms with Crippen molar-refractivity contribution in [3.8, 4) is 5.75 Å². The van der Waals surface area contributed by atoms with Crippen LogP contribution < -0.4 is 15.0 Å². The van der Waals surface area contributed by atoms with E-state index in [2.05, 4.69) is 10.3 Å². The van der Waals surface area contributed by atoms with E-state index in [1.807, 2.05) is 30.5 Å². The van der Waals surface area contributed by atoms with Gasteiger partial charge in [-0.15, -0.1) is 0 Å². The van der Waals surface area contributed by atoms with Gasteiger partial charge in [0.15, 0.2) is 0 Å². The monoisotopic (exact) mass is 399 g/mol. The Morgan fingerprint density at radius 3 is 2.75 bits per heavy atom. The molecule has 3 rings (SSSR count). The summed E-state index contributed by atoms with van der Waals surface area (Å²) >= 11 is 6.05. The first kappa shape index (κ1) is 19.8. The van der Waals surface area contributed by atoms with Gasteiger partial charge in [0.05, 0.1) is 12.8 Å². The van der Waals surface area contributed by atoms with Crippen molar-refractivity contribution in [1.29, 1.82) is 0 Å². The molecule has 1 heterocycles. The Morgan fingerprint density at radius 1 is 1.21 bits per heavy atom. The third kappa shape index (κ3) is 4.46. The van der Waals surface area contributed by atoms with Crippen LogP contribution in [0.1, 0.15) is 12.5 Å². The second-order valence-electron chi connectivity index (χ2n) is 6.38. The number of anilines is 1. The van der Waals surface area contributed by atoms with Crippen LogP contribution in [0.4, 0.5) is 5.69 Å². The standard InChI is InChI=1S/C21H22ClN3O3/c1-14(26)25(19-11-16(22)7-8-20(19)28-2)13-21(27)23-10-9-15-12-24-18-6-4-3-5-17(15)18/h3-8,11-12,24H,9-10,13H2,1-2H3,(H,23,27). The number of fused-ring (bicyclic) bond motifs is 1. The highest BCUT2D eigenvalue weighted by atomic mass is 35.5. The van der Waals surface area contributed by atoms with E-state index in [0.717, 1.165) is 16.5 Å². The normalized spacial score (nSPS) is 10.7. The number of halogens is 1. The first-order valence-corrected chi connectivity index (χ1v) is 9.30. The Kier molecular flexibility index (Phi) is 6.21. The number of aromatic amines is 1. The summed E-state index contributed by atoms with van der Waals surface area (Å²) in [6.07, 6.45) is 2.64. The summed E-state index contributed by atoms with van der Waals surface area (Å²) in [4.78, 5) is 29.1. The molecule has 2 aromatic carbocycles. The van der Waals surface area contributed by atoms with Crippen molar-refractivity contribution in [2.24, 2.45) is 0 Å². The van der Waals surface area contributed by atoms with Gasteiger partial charge in [0.1, 0.15) is 12.3 Å². The van der Waals surface area contributed by atoms with Crippen LogP contribution in [0.2, 0.25) is 5.02 Å². The van der Waals surface area contributed by atoms with Crippen LogP contribution in [0.25, 0.3) is 10.9 Å². The zero-order valence-electron chi connectivity index (χ0n) is 15.8. The maximum atomic E-state index is 12.4. The highest BCUT2D eigenvalue weighted by Gasteiger charge is 2.20. The molecule has 0 saturated heterocycles. The van der Waals surface area contributed by atoms with Gasteiger partial charge in [-0.05, 0) is 36.2 Å². The van der Waals surface area contributed by atoms with Gasteiger partial charge in [0.2, 0.25) is 11.8 Å². The molecule has 0 atom stereocenters. The average Bonchev–Trinajstić information content (AvgIpc) is 3.09. The molecule has 0 bridgehead atoms. The number of rotatable bonds is 7. The van der Waals surface area contributed by atoms with E-state index >= 15 is 0 Å². The second-order valence-corrected chi connectivity index (χ2v) is 6.82. The number of nitrogens with one attached hydrogen (secondary N) is 2. The Labute approximate surface area is 168 Å². The van der Waals surface area contributed by atoms with Gasteiger partial charge in [-0.25, -0.2) is 0 Å². The number of hydrogen-bond donors (Lipinski definition) is 2. The minimum Gasteiger partial charge on any atom is -0.495 e. The van der Waals surface area contributed by atoms with E-state index in [1.54, 1.807) is 18.2 Å². The van der Waals surface area contributed by atoms with E-state index in [9.17, 15) is 9.59 Å². The molecule has 0 radical (unpaired) electrons. The number of H-pyrrole nitrogens is 1. The first-order valence-electron chi connectivity index (χ1n) is 8.93. The lowest BCUT2D eigenvalue weighted by atomic mass is 10.1. The summed E-state index contributed by atoms with van der Waals surface area (Å²) in [5.41, 5.74) is 2.67. The van der Waals surface area contributed by atoms with E-state index < -0.39 is 0 Å². The Hall–Kier alpha value is -2.99. The predicted molar refractivity (Wildman–Crippen MR) is 111 cm³/mol. The van der Waals surface area contributed by atoms with Gasteiger partial charge in [-0.2, -0.15) is 0 Å². The second kappa shape index (κ2) is 8.80. The Morgan fingerprint density at radius 2 is 2.00 bits per heavy atom. The highest BCUT2D eigenvalue weighted by molar-refractivity contribution is 6.31. The average molecular weight is 400 g/mol. The molecule has 6 nitrogen and oxygen atoms in total. The summed E-state index contributed by atoms with van der Waals surface area (Å²) in [5.74, 6) is -0.0457. The molecular weight excluding hydrogens is 378 g/mol. The van der Waals surface area contributed by atoms with Crippen molar-refractivity contribution in [1.82, 2.24) is 10.3 Å². The number of carbonyl (C=O) groups is 2. The molecule has 0 aliphatic rings. The number of benzene rings is 2. The van der Waals surface area contributed by atoms with Gasteiger partial charge in [0.25, 0.3) is 0 Å². The zero-order chi connectivity index (χ0) is 20.1. The number of hydrogen-bond acceptors (Lipinski definition) is 3. The predicted octanol–water partition coefficient (Wildman–Crippen LogP) is 3.54. The summed E-state index contributed by atoms with van der Waals surface area (Å²) in [7, 11) is 1.51. The van der Waals surface area contributed by atoms with Gasteiger partial charge in [0, 0.05) is 35.6 Å². The number of methoxy groups -OCH3 is 1. The molecule has 7 heteroatoms. The molecule has 3 aromatic rings. The van der Waals surface area contributed by atoms with Crippen LogP contribution >= 0.6 is 11.6 Å². The van der Waals surface area contributed by atoms with E-state index in [0.29, 0.717) is 29.4 Å². The molecule has 0 spiro atoms. The fourth-order valence-electron chi connectivity index (χ4n) is 3.11. The fraction of sp³-hybridized carbons (Fsp3) is 0.238. The lowest BCUT2D eigenvalue weighted by Crippen LogP contribution is -2.40. The lowest BCUT2D eigenvalue weighted by molar-refractivity contribution is -0.123. The quantitative estimate of drug-likeness (QED) is 0.638. The van der Waals surface area contributed by atoms with E-state index in [-0.39, 0.29) is 18.4 Å². The van der Waals surface area contributed by atoms with Gasteiger partial charge < -0.3 is 15.0 Å². The van der Waals surface area contributed by atoms with Crippen LogP contribution in [-0.4, -0.2) is 37.0 Å². The lowest BCUT2D eigenvalue weighted by Gasteiger charge is -2.23. The molecular formula is C21H22ClN3O3. The fourth-order valence-corrected chi connectivity index (χ4v) is 3.28. The first-order chi connectivity index (χ1) is 13.5. The van der Waals surface area contributed by atoms with Gasteiger partial charge in [-0.1, -0.05) is 29.8 Å². The minimum atomic E-state index is -0.271. The minimum absolute atomic E-state index is 0.111. The Balaban J connectivity index is 1.63. The Bertz CT molecular complexity index is 999. The summed E-state index contributed by atoms with van der Waals surface area (Å²) in [6.45, 7) is 1.76. The third-order valence-electron chi connectivity index (χ3n) is 4.50. The molecule has 0 fully saturated rings. The number of nitrogens with zero attached hydrogens (tertiary/aromatic N) is 1. The van der Waals surface area contributed by atoms with Crippen molar-refractivity contribution in [3.63, 3.8) is 0 Å². The van der Waals surface area contributed by atoms with Crippen LogP contribution in [0.3, 0.4) is 0 Å².